The van der Waals surface area contributed by atoms with Crippen molar-refractivity contribution in [2.24, 2.45) is 11.5 Å². The highest BCUT2D eigenvalue weighted by Gasteiger charge is 2.22. The molecule has 64 valence electrons. The second kappa shape index (κ2) is 2.75. The van der Waals surface area contributed by atoms with Gasteiger partial charge in [-0.25, -0.2) is 0 Å². The van der Waals surface area contributed by atoms with E-state index in [2.05, 4.69) is 15.9 Å². The van der Waals surface area contributed by atoms with Gasteiger partial charge in [0.1, 0.15) is 0 Å². The van der Waals surface area contributed by atoms with E-state index in [1.165, 1.54) is 0 Å². The first kappa shape index (κ1) is 8.99. The molecule has 1 rings (SSSR count). The van der Waals surface area contributed by atoms with Gasteiger partial charge in [0.05, 0.1) is 27.3 Å². The van der Waals surface area contributed by atoms with Crippen molar-refractivity contribution in [3.63, 3.8) is 0 Å². The fourth-order valence-corrected chi connectivity index (χ4v) is 1.30. The van der Waals surface area contributed by atoms with E-state index in [1.807, 2.05) is 0 Å². The second-order valence-corrected chi connectivity index (χ2v) is 3.31. The summed E-state index contributed by atoms with van der Waals surface area (Å²) in [6.07, 6.45) is 0. The molecule has 1 aliphatic rings. The van der Waals surface area contributed by atoms with Gasteiger partial charge in [-0.1, -0.05) is 0 Å². The van der Waals surface area contributed by atoms with E-state index in [-0.39, 0.29) is 17.1 Å². The minimum atomic E-state index is 0.154. The highest BCUT2D eigenvalue weighted by molar-refractivity contribution is 9.12. The Hall–Kier alpha value is -1.10. The van der Waals surface area contributed by atoms with Gasteiger partial charge in [-0.15, -0.1) is 0 Å². The molecular formula is C7H9BrN4. The summed E-state index contributed by atoms with van der Waals surface area (Å²) < 4.78 is 0.399. The summed E-state index contributed by atoms with van der Waals surface area (Å²) in [5, 5.41) is 15.0. The topological polar surface area (TPSA) is 99.7 Å². The predicted molar refractivity (Wildman–Crippen MR) is 52.5 cm³/mol. The van der Waals surface area contributed by atoms with Crippen LogP contribution in [0.3, 0.4) is 0 Å². The summed E-state index contributed by atoms with van der Waals surface area (Å²) in [6.45, 7) is 1.68. The molecule has 1 aliphatic carbocycles. The lowest BCUT2D eigenvalue weighted by Crippen LogP contribution is -2.27. The molecule has 0 saturated heterocycles. The molecule has 6 N–H and O–H groups in total. The van der Waals surface area contributed by atoms with E-state index in [0.29, 0.717) is 15.8 Å². The fourth-order valence-electron chi connectivity index (χ4n) is 0.887. The molecule has 0 aromatic carbocycles. The Kier molecular flexibility index (Phi) is 2.06. The first-order chi connectivity index (χ1) is 5.46. The van der Waals surface area contributed by atoms with Crippen molar-refractivity contribution in [2.45, 2.75) is 6.92 Å². The predicted octanol–water partition coefficient (Wildman–Crippen LogP) is 0.837. The average molecular weight is 229 g/mol. The Bertz CT molecular complexity index is 275. The summed E-state index contributed by atoms with van der Waals surface area (Å²) in [4.78, 5) is 0. The minimum Gasteiger partial charge on any atom is -0.397 e. The molecule has 12 heavy (non-hydrogen) atoms. The van der Waals surface area contributed by atoms with Crippen molar-refractivity contribution >= 4 is 27.4 Å². The molecule has 0 spiro atoms. The average Bonchev–Trinajstić information content (AvgIpc) is 2.08. The Balaban J connectivity index is 3.32. The zero-order chi connectivity index (χ0) is 9.46. The van der Waals surface area contributed by atoms with Crippen LogP contribution in [0.5, 0.6) is 0 Å². The fraction of sp³-hybridized carbons (Fsp3) is 0.143. The van der Waals surface area contributed by atoms with E-state index < -0.39 is 0 Å². The van der Waals surface area contributed by atoms with Crippen molar-refractivity contribution < 1.29 is 0 Å². The molecular weight excluding hydrogens is 220 g/mol. The lowest BCUT2D eigenvalue weighted by Gasteiger charge is -2.17. The van der Waals surface area contributed by atoms with Crippen LogP contribution in [0.15, 0.2) is 21.4 Å². The van der Waals surface area contributed by atoms with Gasteiger partial charge < -0.3 is 11.5 Å². The number of nitrogens with two attached hydrogens (primary N) is 2. The molecule has 0 aromatic rings. The van der Waals surface area contributed by atoms with Gasteiger partial charge in [-0.3, -0.25) is 10.8 Å². The van der Waals surface area contributed by atoms with Crippen molar-refractivity contribution in [1.82, 2.24) is 0 Å². The van der Waals surface area contributed by atoms with E-state index in [4.69, 9.17) is 22.3 Å². The first-order valence-electron chi connectivity index (χ1n) is 3.27. The molecule has 0 atom stereocenters. The number of hydrogen-bond acceptors (Lipinski definition) is 4. The van der Waals surface area contributed by atoms with E-state index >= 15 is 0 Å². The summed E-state index contributed by atoms with van der Waals surface area (Å²) >= 11 is 3.10. The monoisotopic (exact) mass is 228 g/mol. The van der Waals surface area contributed by atoms with E-state index in [1.54, 1.807) is 6.92 Å². The van der Waals surface area contributed by atoms with Crippen LogP contribution in [0, 0.1) is 10.8 Å². The molecule has 0 unspecified atom stereocenters. The highest BCUT2D eigenvalue weighted by Crippen LogP contribution is 2.23. The summed E-state index contributed by atoms with van der Waals surface area (Å²) in [6, 6.07) is 0. The molecule has 0 radical (unpaired) electrons. The third-order valence-electron chi connectivity index (χ3n) is 1.77. The molecule has 0 aliphatic heterocycles. The van der Waals surface area contributed by atoms with Gasteiger partial charge in [0, 0.05) is 5.57 Å². The SMILES string of the molecule is CC1=C(N)C(=N)C(Br)=C(N)C1=N. The Morgan fingerprint density at radius 3 is 2.08 bits per heavy atom. The Morgan fingerprint density at radius 1 is 1.08 bits per heavy atom. The quantitative estimate of drug-likeness (QED) is 0.462. The second-order valence-electron chi connectivity index (χ2n) is 2.52. The van der Waals surface area contributed by atoms with Crippen molar-refractivity contribution in [3.05, 3.63) is 21.4 Å². The maximum Gasteiger partial charge on any atom is 0.0936 e. The van der Waals surface area contributed by atoms with Crippen LogP contribution in [0.1, 0.15) is 6.92 Å². The molecule has 0 bridgehead atoms. The smallest absolute Gasteiger partial charge is 0.0936 e. The number of halogens is 1. The standard InChI is InChI=1S/C7H9BrN4/c1-2-4(9)6(11)3(8)7(12)5(2)10/h9,12H,10-11H2,1H3. The van der Waals surface area contributed by atoms with Crippen molar-refractivity contribution in [2.75, 3.05) is 0 Å². The number of hydrogen-bond donors (Lipinski definition) is 4. The van der Waals surface area contributed by atoms with Crippen molar-refractivity contribution in [1.29, 1.82) is 10.8 Å². The van der Waals surface area contributed by atoms with Crippen LogP contribution in [0.25, 0.3) is 0 Å². The maximum absolute atomic E-state index is 7.50. The first-order valence-corrected chi connectivity index (χ1v) is 4.06. The molecule has 0 saturated carbocycles. The Labute approximate surface area is 78.5 Å². The van der Waals surface area contributed by atoms with Crippen LogP contribution < -0.4 is 11.5 Å². The minimum absolute atomic E-state index is 0.154. The maximum atomic E-state index is 7.50. The van der Waals surface area contributed by atoms with Gasteiger partial charge in [-0.2, -0.15) is 0 Å². The van der Waals surface area contributed by atoms with Gasteiger partial charge >= 0.3 is 0 Å². The lowest BCUT2D eigenvalue weighted by molar-refractivity contribution is 1.27. The number of rotatable bonds is 0. The van der Waals surface area contributed by atoms with Crippen LogP contribution in [-0.2, 0) is 0 Å². The third-order valence-corrected chi connectivity index (χ3v) is 2.60. The molecule has 0 amide bonds. The van der Waals surface area contributed by atoms with Gasteiger partial charge in [0.2, 0.25) is 0 Å². The third kappa shape index (κ3) is 1.06. The van der Waals surface area contributed by atoms with Crippen LogP contribution in [-0.4, -0.2) is 11.4 Å². The molecule has 0 fully saturated rings. The summed E-state index contributed by atoms with van der Waals surface area (Å²) in [5.41, 5.74) is 12.6. The zero-order valence-electron chi connectivity index (χ0n) is 6.53. The van der Waals surface area contributed by atoms with Gasteiger partial charge in [-0.05, 0) is 22.9 Å². The largest absolute Gasteiger partial charge is 0.397 e. The van der Waals surface area contributed by atoms with Gasteiger partial charge in [0.15, 0.2) is 0 Å². The summed E-state index contributed by atoms with van der Waals surface area (Å²) in [5.74, 6) is 0. The van der Waals surface area contributed by atoms with Crippen LogP contribution >= 0.6 is 15.9 Å². The molecule has 0 heterocycles. The van der Waals surface area contributed by atoms with Crippen LogP contribution in [0.4, 0.5) is 0 Å². The number of nitrogens with one attached hydrogen (secondary N) is 2. The molecule has 0 aromatic heterocycles. The normalized spacial score (nSPS) is 19.2. The Morgan fingerprint density at radius 2 is 1.58 bits per heavy atom. The molecule has 4 nitrogen and oxygen atoms in total. The highest BCUT2D eigenvalue weighted by atomic mass is 79.9. The van der Waals surface area contributed by atoms with E-state index in [9.17, 15) is 0 Å². The zero-order valence-corrected chi connectivity index (χ0v) is 8.12. The number of allylic oxidation sites excluding steroid dienone is 2. The van der Waals surface area contributed by atoms with Crippen molar-refractivity contribution in [3.8, 4) is 0 Å². The lowest BCUT2D eigenvalue weighted by atomic mass is 9.98. The summed E-state index contributed by atoms with van der Waals surface area (Å²) in [7, 11) is 0. The molecule has 5 heteroatoms. The van der Waals surface area contributed by atoms with Gasteiger partial charge in [0.25, 0.3) is 0 Å². The van der Waals surface area contributed by atoms with Crippen LogP contribution in [0.2, 0.25) is 0 Å². The van der Waals surface area contributed by atoms with E-state index in [0.717, 1.165) is 0 Å².